The average molecular weight is 224 g/mol. The molecule has 0 heterocycles. The molecule has 4 unspecified atom stereocenters. The monoisotopic (exact) mass is 224 g/mol. The van der Waals surface area contributed by atoms with Crippen molar-refractivity contribution in [3.8, 4) is 0 Å². The highest BCUT2D eigenvalue weighted by Crippen LogP contribution is 2.42. The number of hydrogen-bond donors (Lipinski definition) is 2. The van der Waals surface area contributed by atoms with Gasteiger partial charge in [0.05, 0.1) is 0 Å². The van der Waals surface area contributed by atoms with E-state index in [9.17, 15) is 0 Å². The van der Waals surface area contributed by atoms with Gasteiger partial charge in [0.1, 0.15) is 0 Å². The smallest absolute Gasteiger partial charge is 0.0162 e. The number of nitrogens with two attached hydrogens (primary N) is 1. The summed E-state index contributed by atoms with van der Waals surface area (Å²) in [4.78, 5) is 0. The van der Waals surface area contributed by atoms with Crippen molar-refractivity contribution >= 4 is 0 Å². The van der Waals surface area contributed by atoms with Crippen molar-refractivity contribution in [3.05, 3.63) is 0 Å². The Morgan fingerprint density at radius 1 is 1.12 bits per heavy atom. The zero-order valence-corrected chi connectivity index (χ0v) is 10.8. The van der Waals surface area contributed by atoms with Crippen molar-refractivity contribution < 1.29 is 0 Å². The molecule has 0 spiro atoms. The molecule has 0 radical (unpaired) electrons. The molecular formula is C14H28N2. The Bertz CT molecular complexity index is 205. The fraction of sp³-hybridized carbons (Fsp3) is 1.00. The Morgan fingerprint density at radius 3 is 2.62 bits per heavy atom. The third-order valence-corrected chi connectivity index (χ3v) is 4.76. The first-order valence-corrected chi connectivity index (χ1v) is 7.23. The minimum atomic E-state index is 0.490. The van der Waals surface area contributed by atoms with Crippen LogP contribution in [0.4, 0.5) is 0 Å². The molecule has 16 heavy (non-hydrogen) atoms. The summed E-state index contributed by atoms with van der Waals surface area (Å²) in [5.74, 6) is 3.06. The van der Waals surface area contributed by atoms with Gasteiger partial charge in [-0.15, -0.1) is 0 Å². The fourth-order valence-corrected chi connectivity index (χ4v) is 3.61. The van der Waals surface area contributed by atoms with Crippen LogP contribution in [-0.2, 0) is 0 Å². The van der Waals surface area contributed by atoms with Gasteiger partial charge in [-0.3, -0.25) is 0 Å². The highest BCUT2D eigenvalue weighted by molar-refractivity contribution is 4.84. The van der Waals surface area contributed by atoms with Crippen molar-refractivity contribution in [2.24, 2.45) is 23.5 Å². The summed E-state index contributed by atoms with van der Waals surface area (Å²) in [7, 11) is 0. The Labute approximate surface area is 100 Å². The van der Waals surface area contributed by atoms with E-state index in [1.165, 1.54) is 51.5 Å². The van der Waals surface area contributed by atoms with Crippen LogP contribution < -0.4 is 11.1 Å². The van der Waals surface area contributed by atoms with Crippen LogP contribution >= 0.6 is 0 Å². The van der Waals surface area contributed by atoms with Crippen molar-refractivity contribution in [3.63, 3.8) is 0 Å². The molecule has 0 amide bonds. The Hall–Kier alpha value is -0.0800. The maximum Gasteiger partial charge on any atom is 0.0162 e. The van der Waals surface area contributed by atoms with Gasteiger partial charge in [-0.2, -0.15) is 0 Å². The molecule has 4 atom stereocenters. The molecule has 2 rings (SSSR count). The molecule has 0 bridgehead atoms. The second kappa shape index (κ2) is 6.02. The highest BCUT2D eigenvalue weighted by atomic mass is 14.9. The highest BCUT2D eigenvalue weighted by Gasteiger charge is 2.31. The first-order valence-electron chi connectivity index (χ1n) is 7.23. The van der Waals surface area contributed by atoms with Gasteiger partial charge < -0.3 is 11.1 Å². The number of rotatable bonds is 4. The van der Waals surface area contributed by atoms with Gasteiger partial charge in [0.25, 0.3) is 0 Å². The molecule has 0 aromatic rings. The number of hydrogen-bond acceptors (Lipinski definition) is 2. The SMILES string of the molecule is CC(CN)NCC1CCC2CCCCC2C1. The molecule has 0 aliphatic heterocycles. The van der Waals surface area contributed by atoms with E-state index < -0.39 is 0 Å². The van der Waals surface area contributed by atoms with Crippen LogP contribution in [0.2, 0.25) is 0 Å². The second-order valence-electron chi connectivity index (χ2n) is 6.03. The van der Waals surface area contributed by atoms with Gasteiger partial charge in [0.15, 0.2) is 0 Å². The lowest BCUT2D eigenvalue weighted by Crippen LogP contribution is -2.39. The molecule has 0 aromatic carbocycles. The molecule has 0 aromatic heterocycles. The van der Waals surface area contributed by atoms with Crippen LogP contribution in [0.15, 0.2) is 0 Å². The molecular weight excluding hydrogens is 196 g/mol. The minimum Gasteiger partial charge on any atom is -0.329 e. The lowest BCUT2D eigenvalue weighted by Gasteiger charge is -2.39. The first kappa shape index (κ1) is 12.4. The van der Waals surface area contributed by atoms with Crippen LogP contribution in [0.25, 0.3) is 0 Å². The standard InChI is InChI=1S/C14H28N2/c1-11(9-15)16-10-12-6-7-13-4-2-3-5-14(13)8-12/h11-14,16H,2-10,15H2,1H3. The van der Waals surface area contributed by atoms with E-state index in [2.05, 4.69) is 12.2 Å². The average Bonchev–Trinajstić information content (AvgIpc) is 2.35. The molecule has 2 heteroatoms. The maximum absolute atomic E-state index is 5.63. The molecule has 94 valence electrons. The van der Waals surface area contributed by atoms with E-state index in [-0.39, 0.29) is 0 Å². The van der Waals surface area contributed by atoms with E-state index in [1.54, 1.807) is 0 Å². The largest absolute Gasteiger partial charge is 0.329 e. The fourth-order valence-electron chi connectivity index (χ4n) is 3.61. The topological polar surface area (TPSA) is 38.0 Å². The van der Waals surface area contributed by atoms with Crippen LogP contribution in [0.3, 0.4) is 0 Å². The predicted molar refractivity (Wildman–Crippen MR) is 69.3 cm³/mol. The zero-order valence-electron chi connectivity index (χ0n) is 10.8. The summed E-state index contributed by atoms with van der Waals surface area (Å²) in [5.41, 5.74) is 5.63. The zero-order chi connectivity index (χ0) is 11.4. The summed E-state index contributed by atoms with van der Waals surface area (Å²) in [6.45, 7) is 4.15. The summed E-state index contributed by atoms with van der Waals surface area (Å²) in [5, 5.41) is 3.57. The van der Waals surface area contributed by atoms with Crippen LogP contribution in [0.1, 0.15) is 51.9 Å². The van der Waals surface area contributed by atoms with Crippen molar-refractivity contribution in [2.45, 2.75) is 57.9 Å². The quantitative estimate of drug-likeness (QED) is 0.770. The van der Waals surface area contributed by atoms with Crippen molar-refractivity contribution in [2.75, 3.05) is 13.1 Å². The molecule has 2 nitrogen and oxygen atoms in total. The van der Waals surface area contributed by atoms with Crippen LogP contribution in [0.5, 0.6) is 0 Å². The van der Waals surface area contributed by atoms with Crippen molar-refractivity contribution in [1.29, 1.82) is 0 Å². The van der Waals surface area contributed by atoms with Crippen LogP contribution in [0, 0.1) is 17.8 Å². The maximum atomic E-state index is 5.63. The molecule has 0 saturated heterocycles. The molecule has 2 aliphatic carbocycles. The lowest BCUT2D eigenvalue weighted by molar-refractivity contribution is 0.127. The van der Waals surface area contributed by atoms with Gasteiger partial charge in [-0.1, -0.05) is 25.7 Å². The Kier molecular flexibility index (Phi) is 4.66. The summed E-state index contributed by atoms with van der Waals surface area (Å²) < 4.78 is 0. The summed E-state index contributed by atoms with van der Waals surface area (Å²) in [6, 6.07) is 0.490. The lowest BCUT2D eigenvalue weighted by atomic mass is 9.67. The third kappa shape index (κ3) is 3.21. The van der Waals surface area contributed by atoms with E-state index >= 15 is 0 Å². The molecule has 2 fully saturated rings. The first-order chi connectivity index (χ1) is 7.79. The van der Waals surface area contributed by atoms with E-state index in [0.29, 0.717) is 6.04 Å². The van der Waals surface area contributed by atoms with Gasteiger partial charge in [-0.05, 0) is 50.5 Å². The molecule has 2 aliphatic rings. The van der Waals surface area contributed by atoms with Gasteiger partial charge >= 0.3 is 0 Å². The second-order valence-corrected chi connectivity index (χ2v) is 6.03. The number of nitrogens with one attached hydrogen (secondary N) is 1. The Morgan fingerprint density at radius 2 is 1.88 bits per heavy atom. The van der Waals surface area contributed by atoms with E-state index in [4.69, 9.17) is 5.73 Å². The minimum absolute atomic E-state index is 0.490. The third-order valence-electron chi connectivity index (χ3n) is 4.76. The van der Waals surface area contributed by atoms with Gasteiger partial charge in [-0.25, -0.2) is 0 Å². The van der Waals surface area contributed by atoms with E-state index in [0.717, 1.165) is 24.3 Å². The number of fused-ring (bicyclic) bond motifs is 1. The van der Waals surface area contributed by atoms with Gasteiger partial charge in [0.2, 0.25) is 0 Å². The van der Waals surface area contributed by atoms with Crippen molar-refractivity contribution in [1.82, 2.24) is 5.32 Å². The van der Waals surface area contributed by atoms with E-state index in [1.807, 2.05) is 0 Å². The predicted octanol–water partition coefficient (Wildman–Crippen LogP) is 2.53. The summed E-state index contributed by atoms with van der Waals surface area (Å²) >= 11 is 0. The summed E-state index contributed by atoms with van der Waals surface area (Å²) in [6.07, 6.45) is 10.4. The normalized spacial score (nSPS) is 36.8. The van der Waals surface area contributed by atoms with Gasteiger partial charge in [0, 0.05) is 12.6 Å². The molecule has 3 N–H and O–H groups in total. The Balaban J connectivity index is 1.72. The molecule has 2 saturated carbocycles. The van der Waals surface area contributed by atoms with Crippen LogP contribution in [-0.4, -0.2) is 19.1 Å².